The van der Waals surface area contributed by atoms with Crippen LogP contribution in [0, 0.1) is 11.3 Å². The molecule has 3 atom stereocenters. The quantitative estimate of drug-likeness (QED) is 0.828. The number of likely N-dealkylation sites (N-methyl/N-ethyl adjacent to an activating group) is 1. The van der Waals surface area contributed by atoms with E-state index in [1.54, 1.807) is 0 Å². The highest BCUT2D eigenvalue weighted by Crippen LogP contribution is 2.66. The second kappa shape index (κ2) is 4.05. The number of ketones is 1. The molecule has 1 aromatic heterocycles. The minimum atomic E-state index is -0.137. The minimum absolute atomic E-state index is 0.0393. The topological polar surface area (TPSA) is 20.3 Å². The molecule has 0 spiro atoms. The Kier molecular flexibility index (Phi) is 2.59. The summed E-state index contributed by atoms with van der Waals surface area (Å²) in [7, 11) is 4.31. The molecule has 2 nitrogen and oxygen atoms in total. The third kappa shape index (κ3) is 1.31. The molecule has 0 amide bonds. The molecule has 4 rings (SSSR count). The van der Waals surface area contributed by atoms with Crippen molar-refractivity contribution in [1.82, 2.24) is 4.90 Å². The van der Waals surface area contributed by atoms with Gasteiger partial charge in [0.15, 0.2) is 0 Å². The predicted molar refractivity (Wildman–Crippen MR) is 82.7 cm³/mol. The van der Waals surface area contributed by atoms with Crippen LogP contribution in [0.3, 0.4) is 0 Å². The number of thiophene rings is 1. The molecule has 0 unspecified atom stereocenters. The van der Waals surface area contributed by atoms with Crippen molar-refractivity contribution in [2.45, 2.75) is 37.6 Å². The molecule has 0 aromatic carbocycles. The summed E-state index contributed by atoms with van der Waals surface area (Å²) in [4.78, 5) is 16.4. The molecule has 0 N–H and O–H groups in total. The van der Waals surface area contributed by atoms with Gasteiger partial charge in [-0.1, -0.05) is 25.0 Å². The zero-order chi connectivity index (χ0) is 14.0. The molecular weight excluding hydrogens is 266 g/mol. The summed E-state index contributed by atoms with van der Waals surface area (Å²) in [5.74, 6) is 1.000. The van der Waals surface area contributed by atoms with Crippen LogP contribution in [0.2, 0.25) is 0 Å². The number of hydrogen-bond donors (Lipinski definition) is 0. The lowest BCUT2D eigenvalue weighted by Crippen LogP contribution is -2.48. The van der Waals surface area contributed by atoms with E-state index in [1.165, 1.54) is 29.7 Å². The molecule has 2 bridgehead atoms. The Hall–Kier alpha value is -0.930. The summed E-state index contributed by atoms with van der Waals surface area (Å²) in [6.45, 7) is 0. The molecule has 3 aliphatic rings. The van der Waals surface area contributed by atoms with Gasteiger partial charge in [-0.25, -0.2) is 0 Å². The fraction of sp³-hybridized carbons (Fsp3) is 0.588. The summed E-state index contributed by atoms with van der Waals surface area (Å²) in [5.41, 5.74) is 1.26. The molecule has 0 saturated heterocycles. The molecule has 1 heterocycles. The van der Waals surface area contributed by atoms with Crippen LogP contribution < -0.4 is 0 Å². The zero-order valence-electron chi connectivity index (χ0n) is 12.2. The van der Waals surface area contributed by atoms with Crippen molar-refractivity contribution in [3.05, 3.63) is 28.5 Å². The highest BCUT2D eigenvalue weighted by molar-refractivity contribution is 7.11. The number of Topliss-reactive ketones (excluding diaryl/α,β-unsaturated/α-hetero) is 1. The van der Waals surface area contributed by atoms with Crippen LogP contribution in [0.4, 0.5) is 0 Å². The van der Waals surface area contributed by atoms with Gasteiger partial charge >= 0.3 is 0 Å². The van der Waals surface area contributed by atoms with E-state index in [0.29, 0.717) is 18.1 Å². The Bertz CT molecular complexity index is 588. The van der Waals surface area contributed by atoms with Crippen LogP contribution in [-0.2, 0) is 4.79 Å². The van der Waals surface area contributed by atoms with E-state index in [0.717, 1.165) is 6.42 Å². The first-order valence-electron chi connectivity index (χ1n) is 7.59. The molecule has 0 radical (unpaired) electrons. The summed E-state index contributed by atoms with van der Waals surface area (Å²) < 4.78 is 0. The second-order valence-corrected chi connectivity index (χ2v) is 7.74. The first-order valence-corrected chi connectivity index (χ1v) is 8.47. The SMILES string of the molecule is CN(C)[C@]12CC(=O)[C@@]3(C=C1c1cccs1)CCCC[C@H]32. The monoisotopic (exact) mass is 287 g/mol. The normalized spacial score (nSPS) is 39.2. The first kappa shape index (κ1) is 12.8. The lowest BCUT2D eigenvalue weighted by molar-refractivity contribution is -0.125. The number of allylic oxidation sites excluding steroid dienone is 1. The van der Waals surface area contributed by atoms with E-state index >= 15 is 0 Å². The van der Waals surface area contributed by atoms with Gasteiger partial charge in [-0.3, -0.25) is 9.69 Å². The van der Waals surface area contributed by atoms with Gasteiger partial charge in [-0.2, -0.15) is 0 Å². The van der Waals surface area contributed by atoms with Gasteiger partial charge in [0.05, 0.1) is 11.0 Å². The van der Waals surface area contributed by atoms with E-state index < -0.39 is 0 Å². The number of nitrogens with zero attached hydrogens (tertiary/aromatic N) is 1. The third-order valence-corrected chi connectivity index (χ3v) is 6.84. The van der Waals surface area contributed by atoms with Crippen LogP contribution in [0.15, 0.2) is 23.6 Å². The molecule has 0 aliphatic heterocycles. The summed E-state index contributed by atoms with van der Waals surface area (Å²) >= 11 is 1.81. The standard InChI is InChI=1S/C17H21NOS/c1-18(2)17-11-15(19)16(8-4-3-7-14(16)17)10-12(17)13-6-5-9-20-13/h5-6,9-10,14H,3-4,7-8,11H2,1-2H3/t14-,16-,17-/m1/s1. The van der Waals surface area contributed by atoms with Crippen molar-refractivity contribution < 1.29 is 4.79 Å². The largest absolute Gasteiger partial charge is 0.299 e. The maximum Gasteiger partial charge on any atom is 0.145 e. The van der Waals surface area contributed by atoms with Crippen LogP contribution in [-0.4, -0.2) is 30.3 Å². The van der Waals surface area contributed by atoms with Crippen molar-refractivity contribution in [2.75, 3.05) is 14.1 Å². The second-order valence-electron chi connectivity index (χ2n) is 6.79. The zero-order valence-corrected chi connectivity index (χ0v) is 13.0. The average Bonchev–Trinajstić information content (AvgIpc) is 3.09. The Morgan fingerprint density at radius 3 is 2.90 bits per heavy atom. The lowest BCUT2D eigenvalue weighted by Gasteiger charge is -2.43. The fourth-order valence-electron chi connectivity index (χ4n) is 5.07. The first-order chi connectivity index (χ1) is 9.61. The Morgan fingerprint density at radius 2 is 2.20 bits per heavy atom. The summed E-state index contributed by atoms with van der Waals surface area (Å²) in [6, 6.07) is 4.34. The van der Waals surface area contributed by atoms with E-state index in [-0.39, 0.29) is 11.0 Å². The van der Waals surface area contributed by atoms with Crippen LogP contribution >= 0.6 is 11.3 Å². The Balaban J connectivity index is 1.94. The maximum absolute atomic E-state index is 12.7. The molecule has 1 aromatic rings. The highest BCUT2D eigenvalue weighted by atomic mass is 32.1. The third-order valence-electron chi connectivity index (χ3n) is 5.93. The molecule has 3 aliphatic carbocycles. The summed E-state index contributed by atoms with van der Waals surface area (Å²) in [5, 5.41) is 2.15. The van der Waals surface area contributed by atoms with Crippen molar-refractivity contribution in [1.29, 1.82) is 0 Å². The molecule has 20 heavy (non-hydrogen) atoms. The Morgan fingerprint density at radius 1 is 1.35 bits per heavy atom. The fourth-order valence-corrected chi connectivity index (χ4v) is 5.90. The summed E-state index contributed by atoms with van der Waals surface area (Å²) in [6.07, 6.45) is 7.85. The minimum Gasteiger partial charge on any atom is -0.299 e. The van der Waals surface area contributed by atoms with Gasteiger partial charge in [0.2, 0.25) is 0 Å². The number of carbonyl (C=O) groups excluding carboxylic acids is 1. The van der Waals surface area contributed by atoms with E-state index in [1.807, 2.05) is 11.3 Å². The number of hydrogen-bond acceptors (Lipinski definition) is 3. The molecule has 2 fully saturated rings. The number of carbonyl (C=O) groups is 1. The highest BCUT2D eigenvalue weighted by Gasteiger charge is 2.68. The van der Waals surface area contributed by atoms with Crippen molar-refractivity contribution in [2.24, 2.45) is 11.3 Å². The van der Waals surface area contributed by atoms with Gasteiger partial charge in [0, 0.05) is 11.3 Å². The van der Waals surface area contributed by atoms with E-state index in [2.05, 4.69) is 42.6 Å². The molecule has 106 valence electrons. The van der Waals surface area contributed by atoms with Crippen molar-refractivity contribution in [3.8, 4) is 0 Å². The van der Waals surface area contributed by atoms with Crippen molar-refractivity contribution in [3.63, 3.8) is 0 Å². The van der Waals surface area contributed by atoms with Gasteiger partial charge < -0.3 is 0 Å². The van der Waals surface area contributed by atoms with Crippen LogP contribution in [0.1, 0.15) is 37.0 Å². The smallest absolute Gasteiger partial charge is 0.145 e. The Labute approximate surface area is 124 Å². The molecular formula is C17H21NOS. The van der Waals surface area contributed by atoms with Crippen molar-refractivity contribution >= 4 is 22.7 Å². The van der Waals surface area contributed by atoms with E-state index in [4.69, 9.17) is 0 Å². The van der Waals surface area contributed by atoms with Crippen LogP contribution in [0.25, 0.3) is 5.57 Å². The molecule has 2 saturated carbocycles. The van der Waals surface area contributed by atoms with Gasteiger partial charge in [-0.05, 0) is 49.9 Å². The van der Waals surface area contributed by atoms with E-state index in [9.17, 15) is 4.79 Å². The van der Waals surface area contributed by atoms with Gasteiger partial charge in [0.1, 0.15) is 5.78 Å². The average molecular weight is 287 g/mol. The molecule has 3 heteroatoms. The lowest BCUT2D eigenvalue weighted by atomic mass is 9.68. The van der Waals surface area contributed by atoms with Gasteiger partial charge in [-0.15, -0.1) is 11.3 Å². The van der Waals surface area contributed by atoms with Gasteiger partial charge in [0.25, 0.3) is 0 Å². The maximum atomic E-state index is 12.7. The predicted octanol–water partition coefficient (Wildman–Crippen LogP) is 3.59. The van der Waals surface area contributed by atoms with Crippen LogP contribution in [0.5, 0.6) is 0 Å². The number of rotatable bonds is 2.